The molecule has 0 aromatic heterocycles. The third-order valence-corrected chi connectivity index (χ3v) is 1.82. The lowest BCUT2D eigenvalue weighted by atomic mass is 10.3. The van der Waals surface area contributed by atoms with Crippen LogP contribution >= 0.6 is 0 Å². The Bertz CT molecular complexity index is 216. The molecule has 0 amide bonds. The Balaban J connectivity index is 2.32. The Hall–Kier alpha value is -1.02. The van der Waals surface area contributed by atoms with Gasteiger partial charge in [-0.2, -0.15) is 0 Å². The van der Waals surface area contributed by atoms with Crippen LogP contribution in [0.3, 0.4) is 0 Å². The maximum atomic E-state index is 3.78. The first-order valence-electron chi connectivity index (χ1n) is 4.15. The molecule has 0 aromatic rings. The Morgan fingerprint density at radius 3 is 3.00 bits per heavy atom. The van der Waals surface area contributed by atoms with Gasteiger partial charge >= 0.3 is 0 Å². The fraction of sp³-hybridized carbons (Fsp3) is 0.400. The summed E-state index contributed by atoms with van der Waals surface area (Å²) in [5, 5.41) is 3.26. The molecule has 0 saturated heterocycles. The van der Waals surface area contributed by atoms with E-state index in [4.69, 9.17) is 0 Å². The topological polar surface area (TPSA) is 15.3 Å². The van der Waals surface area contributed by atoms with E-state index in [-0.39, 0.29) is 0 Å². The summed E-state index contributed by atoms with van der Waals surface area (Å²) in [5.74, 6) is 0. The highest BCUT2D eigenvalue weighted by Gasteiger charge is 2.11. The molecule has 1 unspecified atom stereocenters. The predicted octanol–water partition coefficient (Wildman–Crippen LogP) is 1.49. The fourth-order valence-corrected chi connectivity index (χ4v) is 1.09. The number of hydrogen-bond donors (Lipinski definition) is 1. The van der Waals surface area contributed by atoms with Crippen molar-refractivity contribution in [1.82, 2.24) is 10.2 Å². The van der Waals surface area contributed by atoms with Crippen LogP contribution in [0.1, 0.15) is 6.92 Å². The Labute approximate surface area is 74.3 Å². The number of allylic oxidation sites excluding steroid dienone is 2. The molecule has 0 spiro atoms. The molecule has 0 aliphatic carbocycles. The molecule has 1 N–H and O–H groups in total. The summed E-state index contributed by atoms with van der Waals surface area (Å²) in [6.07, 6.45) is 8.58. The van der Waals surface area contributed by atoms with Crippen LogP contribution in [0.25, 0.3) is 0 Å². The van der Waals surface area contributed by atoms with Gasteiger partial charge in [-0.05, 0) is 26.2 Å². The van der Waals surface area contributed by atoms with Gasteiger partial charge < -0.3 is 5.32 Å². The first kappa shape index (κ1) is 9.07. The molecule has 1 atom stereocenters. The molecule has 0 saturated carbocycles. The summed E-state index contributed by atoms with van der Waals surface area (Å²) in [5.41, 5.74) is 1.06. The van der Waals surface area contributed by atoms with Crippen molar-refractivity contribution >= 4 is 0 Å². The van der Waals surface area contributed by atoms with Crippen LogP contribution < -0.4 is 5.32 Å². The minimum absolute atomic E-state index is 0.348. The largest absolute Gasteiger partial charge is 0.372 e. The van der Waals surface area contributed by atoms with Crippen molar-refractivity contribution in [3.63, 3.8) is 0 Å². The molecular formula is C10H16N2. The van der Waals surface area contributed by atoms with Gasteiger partial charge in [0.2, 0.25) is 0 Å². The second-order valence-electron chi connectivity index (χ2n) is 3.16. The molecular weight excluding hydrogens is 148 g/mol. The standard InChI is InChI=1S/C10H16N2/c1-9(2)6-7-11-10-5-4-8-12(10)3/h4-7,10-11H,1,8H2,2-3H3/b7-6+. The first-order valence-corrected chi connectivity index (χ1v) is 4.15. The highest BCUT2D eigenvalue weighted by molar-refractivity contribution is 5.12. The number of nitrogens with zero attached hydrogens (tertiary/aromatic N) is 1. The Kier molecular flexibility index (Phi) is 3.11. The lowest BCUT2D eigenvalue weighted by Gasteiger charge is -2.18. The van der Waals surface area contributed by atoms with Gasteiger partial charge in [-0.25, -0.2) is 0 Å². The van der Waals surface area contributed by atoms with Crippen LogP contribution in [0.5, 0.6) is 0 Å². The molecule has 0 radical (unpaired) electrons. The van der Waals surface area contributed by atoms with Gasteiger partial charge in [0.1, 0.15) is 0 Å². The summed E-state index contributed by atoms with van der Waals surface area (Å²) >= 11 is 0. The van der Waals surface area contributed by atoms with Gasteiger partial charge in [0, 0.05) is 6.54 Å². The van der Waals surface area contributed by atoms with Gasteiger partial charge in [-0.15, -0.1) is 0 Å². The predicted molar refractivity (Wildman–Crippen MR) is 52.6 cm³/mol. The zero-order valence-electron chi connectivity index (χ0n) is 7.75. The van der Waals surface area contributed by atoms with E-state index < -0.39 is 0 Å². The minimum atomic E-state index is 0.348. The molecule has 1 heterocycles. The highest BCUT2D eigenvalue weighted by atomic mass is 15.2. The number of hydrogen-bond acceptors (Lipinski definition) is 2. The van der Waals surface area contributed by atoms with E-state index in [1.165, 1.54) is 0 Å². The molecule has 66 valence electrons. The van der Waals surface area contributed by atoms with Gasteiger partial charge in [0.25, 0.3) is 0 Å². The lowest BCUT2D eigenvalue weighted by Crippen LogP contribution is -2.35. The van der Waals surface area contributed by atoms with Crippen LogP contribution in [0.15, 0.2) is 36.6 Å². The van der Waals surface area contributed by atoms with E-state index in [0.29, 0.717) is 6.17 Å². The van der Waals surface area contributed by atoms with Gasteiger partial charge in [-0.3, -0.25) is 4.90 Å². The molecule has 2 heteroatoms. The number of likely N-dealkylation sites (N-methyl/N-ethyl adjacent to an activating group) is 1. The third-order valence-electron chi connectivity index (χ3n) is 1.82. The third kappa shape index (κ3) is 2.55. The van der Waals surface area contributed by atoms with Crippen molar-refractivity contribution in [1.29, 1.82) is 0 Å². The van der Waals surface area contributed by atoms with Crippen LogP contribution in [-0.4, -0.2) is 24.7 Å². The second kappa shape index (κ2) is 4.12. The molecule has 1 aliphatic rings. The number of nitrogens with one attached hydrogen (secondary N) is 1. The van der Waals surface area contributed by atoms with Crippen molar-refractivity contribution in [3.8, 4) is 0 Å². The average Bonchev–Trinajstić information content (AvgIpc) is 2.36. The Morgan fingerprint density at radius 1 is 1.75 bits per heavy atom. The molecule has 1 rings (SSSR count). The van der Waals surface area contributed by atoms with E-state index in [0.717, 1.165) is 12.1 Å². The highest BCUT2D eigenvalue weighted by Crippen LogP contribution is 2.02. The van der Waals surface area contributed by atoms with Crippen LogP contribution in [0.2, 0.25) is 0 Å². The fourth-order valence-electron chi connectivity index (χ4n) is 1.09. The van der Waals surface area contributed by atoms with E-state index >= 15 is 0 Å². The molecule has 0 bridgehead atoms. The molecule has 12 heavy (non-hydrogen) atoms. The van der Waals surface area contributed by atoms with Crippen molar-refractivity contribution in [2.75, 3.05) is 13.6 Å². The summed E-state index contributed by atoms with van der Waals surface area (Å²) < 4.78 is 0. The van der Waals surface area contributed by atoms with Crippen LogP contribution in [0, 0.1) is 0 Å². The molecule has 2 nitrogen and oxygen atoms in total. The lowest BCUT2D eigenvalue weighted by molar-refractivity contribution is 0.310. The normalized spacial score (nSPS) is 23.7. The second-order valence-corrected chi connectivity index (χ2v) is 3.16. The van der Waals surface area contributed by atoms with Crippen molar-refractivity contribution in [2.24, 2.45) is 0 Å². The maximum absolute atomic E-state index is 3.78. The smallest absolute Gasteiger partial charge is 0.0982 e. The summed E-state index contributed by atoms with van der Waals surface area (Å²) in [7, 11) is 2.09. The maximum Gasteiger partial charge on any atom is 0.0982 e. The zero-order valence-corrected chi connectivity index (χ0v) is 7.75. The summed E-state index contributed by atoms with van der Waals surface area (Å²) in [6, 6.07) is 0. The van der Waals surface area contributed by atoms with Gasteiger partial charge in [-0.1, -0.05) is 24.3 Å². The van der Waals surface area contributed by atoms with Gasteiger partial charge in [0.15, 0.2) is 0 Å². The van der Waals surface area contributed by atoms with Crippen molar-refractivity contribution in [3.05, 3.63) is 36.6 Å². The molecule has 0 fully saturated rings. The zero-order chi connectivity index (χ0) is 8.97. The van der Waals surface area contributed by atoms with Crippen molar-refractivity contribution < 1.29 is 0 Å². The van der Waals surface area contributed by atoms with Gasteiger partial charge in [0.05, 0.1) is 6.17 Å². The van der Waals surface area contributed by atoms with Crippen LogP contribution in [-0.2, 0) is 0 Å². The Morgan fingerprint density at radius 2 is 2.50 bits per heavy atom. The van der Waals surface area contributed by atoms with Crippen LogP contribution in [0.4, 0.5) is 0 Å². The first-order chi connectivity index (χ1) is 5.70. The molecule has 0 aromatic carbocycles. The summed E-state index contributed by atoms with van der Waals surface area (Å²) in [6.45, 7) is 6.78. The number of rotatable bonds is 3. The SMILES string of the molecule is C=C(C)/C=C/NC1C=CCN1C. The van der Waals surface area contributed by atoms with E-state index in [9.17, 15) is 0 Å². The quantitative estimate of drug-likeness (QED) is 0.502. The average molecular weight is 164 g/mol. The van der Waals surface area contributed by atoms with E-state index in [1.54, 1.807) is 0 Å². The van der Waals surface area contributed by atoms with E-state index in [2.05, 4.69) is 36.0 Å². The summed E-state index contributed by atoms with van der Waals surface area (Å²) in [4.78, 5) is 2.22. The molecule has 1 aliphatic heterocycles. The van der Waals surface area contributed by atoms with E-state index in [1.807, 2.05) is 19.2 Å². The monoisotopic (exact) mass is 164 g/mol. The van der Waals surface area contributed by atoms with Crippen molar-refractivity contribution in [2.45, 2.75) is 13.1 Å². The minimum Gasteiger partial charge on any atom is -0.372 e.